The van der Waals surface area contributed by atoms with Crippen molar-refractivity contribution in [2.75, 3.05) is 0 Å². The molecule has 0 aromatic carbocycles. The molecule has 0 N–H and O–H groups in total. The van der Waals surface area contributed by atoms with Gasteiger partial charge in [-0.15, -0.1) is 0 Å². The Morgan fingerprint density at radius 3 is 2.40 bits per heavy atom. The van der Waals surface area contributed by atoms with Gasteiger partial charge < -0.3 is 4.74 Å². The Bertz CT molecular complexity index is 205. The van der Waals surface area contributed by atoms with Gasteiger partial charge in [0.1, 0.15) is 0 Å². The van der Waals surface area contributed by atoms with Crippen LogP contribution in [0.1, 0.15) is 13.3 Å². The Morgan fingerprint density at radius 1 is 1.60 bits per heavy atom. The van der Waals surface area contributed by atoms with Gasteiger partial charge in [0.05, 0.1) is 5.92 Å². The van der Waals surface area contributed by atoms with Crippen LogP contribution in [0.4, 0.5) is 0 Å². The van der Waals surface area contributed by atoms with Gasteiger partial charge in [0, 0.05) is 5.57 Å². The third kappa shape index (κ3) is 0.835. The molecule has 1 unspecified atom stereocenters. The lowest BCUT2D eigenvalue weighted by atomic mass is 10.0. The van der Waals surface area contributed by atoms with Crippen LogP contribution in [0.2, 0.25) is 0 Å². The highest BCUT2D eigenvalue weighted by molar-refractivity contribution is 6.06. The van der Waals surface area contributed by atoms with E-state index < -0.39 is 17.9 Å². The maximum Gasteiger partial charge on any atom is 0.341 e. The van der Waals surface area contributed by atoms with E-state index in [2.05, 4.69) is 11.3 Å². The second-order valence-corrected chi connectivity index (χ2v) is 2.19. The lowest BCUT2D eigenvalue weighted by Gasteiger charge is -1.96. The van der Waals surface area contributed by atoms with Crippen LogP contribution in [-0.4, -0.2) is 11.9 Å². The molecule has 0 amide bonds. The van der Waals surface area contributed by atoms with E-state index in [4.69, 9.17) is 0 Å². The zero-order valence-electron chi connectivity index (χ0n) is 5.72. The number of carbonyl (C=O) groups is 2. The van der Waals surface area contributed by atoms with Crippen molar-refractivity contribution >= 4 is 11.9 Å². The molecule has 1 aliphatic heterocycles. The molecule has 3 heteroatoms. The molecule has 1 fully saturated rings. The average Bonchev–Trinajstić information content (AvgIpc) is 2.09. The lowest BCUT2D eigenvalue weighted by Crippen LogP contribution is -2.06. The number of ether oxygens (including phenoxy) is 1. The van der Waals surface area contributed by atoms with Gasteiger partial charge in [-0.3, -0.25) is 4.79 Å². The van der Waals surface area contributed by atoms with Crippen LogP contribution in [0.15, 0.2) is 12.2 Å². The van der Waals surface area contributed by atoms with Crippen molar-refractivity contribution in [3.63, 3.8) is 0 Å². The van der Waals surface area contributed by atoms with E-state index in [1.54, 1.807) is 0 Å². The van der Waals surface area contributed by atoms with E-state index in [1.165, 1.54) is 0 Å². The molecule has 1 aliphatic rings. The van der Waals surface area contributed by atoms with Crippen molar-refractivity contribution in [1.29, 1.82) is 0 Å². The third-order valence-electron chi connectivity index (χ3n) is 1.57. The smallest absolute Gasteiger partial charge is 0.341 e. The summed E-state index contributed by atoms with van der Waals surface area (Å²) >= 11 is 0. The van der Waals surface area contributed by atoms with E-state index in [-0.39, 0.29) is 5.57 Å². The Labute approximate surface area is 58.7 Å². The summed E-state index contributed by atoms with van der Waals surface area (Å²) in [6, 6.07) is 0. The highest BCUT2D eigenvalue weighted by Gasteiger charge is 2.35. The van der Waals surface area contributed by atoms with Gasteiger partial charge in [-0.1, -0.05) is 13.5 Å². The fourth-order valence-electron chi connectivity index (χ4n) is 0.926. The van der Waals surface area contributed by atoms with Crippen molar-refractivity contribution in [2.24, 2.45) is 5.92 Å². The first kappa shape index (κ1) is 6.99. The number of hydrogen-bond donors (Lipinski definition) is 0. The molecule has 54 valence electrons. The van der Waals surface area contributed by atoms with Gasteiger partial charge in [0.15, 0.2) is 0 Å². The monoisotopic (exact) mass is 140 g/mol. The van der Waals surface area contributed by atoms with E-state index in [9.17, 15) is 9.59 Å². The van der Waals surface area contributed by atoms with Gasteiger partial charge in [-0.25, -0.2) is 4.79 Å². The van der Waals surface area contributed by atoms with Gasteiger partial charge in [0.25, 0.3) is 0 Å². The summed E-state index contributed by atoms with van der Waals surface area (Å²) in [7, 11) is 0. The van der Waals surface area contributed by atoms with E-state index in [0.29, 0.717) is 6.42 Å². The minimum atomic E-state index is -0.572. The van der Waals surface area contributed by atoms with Crippen LogP contribution >= 0.6 is 0 Å². The second kappa shape index (κ2) is 2.25. The van der Waals surface area contributed by atoms with Gasteiger partial charge in [-0.05, 0) is 6.42 Å². The molecular weight excluding hydrogens is 132 g/mol. The highest BCUT2D eigenvalue weighted by atomic mass is 16.6. The lowest BCUT2D eigenvalue weighted by molar-refractivity contribution is -0.152. The van der Waals surface area contributed by atoms with E-state index >= 15 is 0 Å². The fraction of sp³-hybridized carbons (Fsp3) is 0.429. The minimum Gasteiger partial charge on any atom is -0.389 e. The van der Waals surface area contributed by atoms with E-state index in [1.807, 2.05) is 6.92 Å². The summed E-state index contributed by atoms with van der Waals surface area (Å²) in [6.07, 6.45) is 0.587. The standard InChI is InChI=1S/C7H8O3/c1-3-5-4(2)6(8)10-7(5)9/h5H,2-3H2,1H3. The van der Waals surface area contributed by atoms with Crippen LogP contribution in [0.3, 0.4) is 0 Å². The molecule has 1 heterocycles. The van der Waals surface area contributed by atoms with Gasteiger partial charge in [0.2, 0.25) is 0 Å². The summed E-state index contributed by atoms with van der Waals surface area (Å²) in [5.74, 6) is -1.43. The molecule has 0 aromatic heterocycles. The van der Waals surface area contributed by atoms with Crippen molar-refractivity contribution in [3.05, 3.63) is 12.2 Å². The summed E-state index contributed by atoms with van der Waals surface area (Å²) in [5, 5.41) is 0. The first-order chi connectivity index (χ1) is 4.66. The minimum absolute atomic E-state index is 0.285. The van der Waals surface area contributed by atoms with Gasteiger partial charge in [-0.2, -0.15) is 0 Å². The molecule has 0 bridgehead atoms. The SMILES string of the molecule is C=C1C(=O)OC(=O)C1CC. The van der Waals surface area contributed by atoms with Crippen LogP contribution in [0.5, 0.6) is 0 Å². The number of rotatable bonds is 1. The van der Waals surface area contributed by atoms with Crippen molar-refractivity contribution in [2.45, 2.75) is 13.3 Å². The third-order valence-corrected chi connectivity index (χ3v) is 1.57. The predicted molar refractivity (Wildman–Crippen MR) is 34.0 cm³/mol. The maximum atomic E-state index is 10.7. The summed E-state index contributed by atoms with van der Waals surface area (Å²) < 4.78 is 4.30. The molecule has 0 aromatic rings. The second-order valence-electron chi connectivity index (χ2n) is 2.19. The molecule has 3 nitrogen and oxygen atoms in total. The number of esters is 2. The van der Waals surface area contributed by atoms with Crippen molar-refractivity contribution < 1.29 is 14.3 Å². The topological polar surface area (TPSA) is 43.4 Å². The Kier molecular flexibility index (Phi) is 1.57. The Hall–Kier alpha value is -1.12. The normalized spacial score (nSPS) is 25.3. The maximum absolute atomic E-state index is 10.7. The van der Waals surface area contributed by atoms with Crippen LogP contribution < -0.4 is 0 Å². The average molecular weight is 140 g/mol. The number of carbonyl (C=O) groups excluding carboxylic acids is 2. The first-order valence-corrected chi connectivity index (χ1v) is 3.11. The summed E-state index contributed by atoms with van der Waals surface area (Å²) in [4.78, 5) is 21.3. The van der Waals surface area contributed by atoms with Crippen molar-refractivity contribution in [1.82, 2.24) is 0 Å². The summed E-state index contributed by atoms with van der Waals surface area (Å²) in [6.45, 7) is 5.26. The number of cyclic esters (lactones) is 2. The molecule has 1 saturated heterocycles. The molecule has 10 heavy (non-hydrogen) atoms. The molecule has 1 rings (SSSR count). The first-order valence-electron chi connectivity index (χ1n) is 3.11. The van der Waals surface area contributed by atoms with E-state index in [0.717, 1.165) is 0 Å². The van der Waals surface area contributed by atoms with Crippen LogP contribution in [0.25, 0.3) is 0 Å². The quantitative estimate of drug-likeness (QED) is 0.305. The molecule has 0 radical (unpaired) electrons. The molecular formula is C7H8O3. The molecule has 0 aliphatic carbocycles. The highest BCUT2D eigenvalue weighted by Crippen LogP contribution is 2.23. The largest absolute Gasteiger partial charge is 0.389 e. The fourth-order valence-corrected chi connectivity index (χ4v) is 0.926. The van der Waals surface area contributed by atoms with Crippen LogP contribution in [0, 0.1) is 5.92 Å². The van der Waals surface area contributed by atoms with Crippen LogP contribution in [-0.2, 0) is 14.3 Å². The Balaban J connectivity index is 2.84. The molecule has 0 saturated carbocycles. The zero-order valence-corrected chi connectivity index (χ0v) is 5.72. The zero-order chi connectivity index (χ0) is 7.72. The molecule has 0 spiro atoms. The Morgan fingerprint density at radius 2 is 2.20 bits per heavy atom. The molecule has 1 atom stereocenters. The predicted octanol–water partition coefficient (Wildman–Crippen LogP) is 0.652. The number of hydrogen-bond acceptors (Lipinski definition) is 3. The summed E-state index contributed by atoms with van der Waals surface area (Å²) in [5.41, 5.74) is 0.285. The van der Waals surface area contributed by atoms with Crippen molar-refractivity contribution in [3.8, 4) is 0 Å². The van der Waals surface area contributed by atoms with Gasteiger partial charge >= 0.3 is 11.9 Å².